The van der Waals surface area contributed by atoms with Gasteiger partial charge in [0.15, 0.2) is 11.6 Å². The monoisotopic (exact) mass is 268 g/mol. The van der Waals surface area contributed by atoms with Crippen molar-refractivity contribution in [2.24, 2.45) is 0 Å². The Bertz CT molecular complexity index is 433. The molecule has 0 bridgehead atoms. The van der Waals surface area contributed by atoms with Gasteiger partial charge in [-0.3, -0.25) is 0 Å². The highest BCUT2D eigenvalue weighted by Crippen LogP contribution is 2.37. The lowest BCUT2D eigenvalue weighted by molar-refractivity contribution is -0.110. The molecule has 2 atom stereocenters. The molecular formula is C15H21FO3. The summed E-state index contributed by atoms with van der Waals surface area (Å²) in [4.78, 5) is 0. The third kappa shape index (κ3) is 3.07. The van der Waals surface area contributed by atoms with Gasteiger partial charge >= 0.3 is 0 Å². The Morgan fingerprint density at radius 2 is 2.32 bits per heavy atom. The molecular weight excluding hydrogens is 247 g/mol. The zero-order chi connectivity index (χ0) is 13.9. The number of benzene rings is 1. The van der Waals surface area contributed by atoms with Gasteiger partial charge in [-0.1, -0.05) is 19.4 Å². The van der Waals surface area contributed by atoms with Crippen LogP contribution in [-0.4, -0.2) is 24.9 Å². The zero-order valence-electron chi connectivity index (χ0n) is 11.5. The van der Waals surface area contributed by atoms with E-state index in [1.807, 2.05) is 0 Å². The Hall–Kier alpha value is -1.13. The lowest BCUT2D eigenvalue weighted by Gasteiger charge is -2.37. The van der Waals surface area contributed by atoms with E-state index in [0.29, 0.717) is 25.0 Å². The summed E-state index contributed by atoms with van der Waals surface area (Å²) in [6.45, 7) is 2.60. The van der Waals surface area contributed by atoms with Crippen molar-refractivity contribution in [1.82, 2.24) is 0 Å². The summed E-state index contributed by atoms with van der Waals surface area (Å²) in [5.74, 6) is -0.239. The van der Waals surface area contributed by atoms with E-state index in [1.54, 1.807) is 12.1 Å². The maximum atomic E-state index is 13.8. The number of rotatable bonds is 4. The molecule has 3 nitrogen and oxygen atoms in total. The van der Waals surface area contributed by atoms with Crippen LogP contribution in [0.5, 0.6) is 5.75 Å². The van der Waals surface area contributed by atoms with Crippen molar-refractivity contribution >= 4 is 0 Å². The van der Waals surface area contributed by atoms with E-state index in [-0.39, 0.29) is 11.9 Å². The highest BCUT2D eigenvalue weighted by molar-refractivity contribution is 5.33. The third-order valence-corrected chi connectivity index (χ3v) is 3.73. The van der Waals surface area contributed by atoms with Crippen molar-refractivity contribution in [3.63, 3.8) is 0 Å². The number of hydrogen-bond donors (Lipinski definition) is 1. The average Bonchev–Trinajstić information content (AvgIpc) is 2.39. The molecule has 1 heterocycles. The predicted octanol–water partition coefficient (Wildman–Crippen LogP) is 3.00. The van der Waals surface area contributed by atoms with Crippen molar-refractivity contribution in [2.75, 3.05) is 13.7 Å². The highest BCUT2D eigenvalue weighted by atomic mass is 19.1. The van der Waals surface area contributed by atoms with Crippen molar-refractivity contribution in [2.45, 2.75) is 44.3 Å². The first-order valence-electron chi connectivity index (χ1n) is 6.77. The van der Waals surface area contributed by atoms with Crippen molar-refractivity contribution in [3.8, 4) is 5.75 Å². The molecule has 0 saturated carbocycles. The van der Waals surface area contributed by atoms with Gasteiger partial charge in [-0.2, -0.15) is 0 Å². The lowest BCUT2D eigenvalue weighted by atomic mass is 9.82. The summed E-state index contributed by atoms with van der Waals surface area (Å²) < 4.78 is 24.3. The van der Waals surface area contributed by atoms with Crippen LogP contribution in [0.25, 0.3) is 0 Å². The van der Waals surface area contributed by atoms with E-state index in [2.05, 4.69) is 6.92 Å². The van der Waals surface area contributed by atoms with Gasteiger partial charge in [0.25, 0.3) is 0 Å². The van der Waals surface area contributed by atoms with Crippen LogP contribution < -0.4 is 4.74 Å². The minimum Gasteiger partial charge on any atom is -0.494 e. The van der Waals surface area contributed by atoms with Crippen molar-refractivity contribution < 1.29 is 19.0 Å². The minimum absolute atomic E-state index is 0.0499. The fraction of sp³-hybridized carbons (Fsp3) is 0.600. The number of aliphatic hydroxyl groups is 1. The van der Waals surface area contributed by atoms with Crippen LogP contribution in [-0.2, 0) is 10.3 Å². The normalized spacial score (nSPS) is 27.3. The summed E-state index contributed by atoms with van der Waals surface area (Å²) >= 11 is 0. The second-order valence-electron chi connectivity index (χ2n) is 5.12. The van der Waals surface area contributed by atoms with Crippen LogP contribution >= 0.6 is 0 Å². The molecule has 1 aromatic rings. The quantitative estimate of drug-likeness (QED) is 0.912. The van der Waals surface area contributed by atoms with Crippen molar-refractivity contribution in [1.29, 1.82) is 0 Å². The van der Waals surface area contributed by atoms with Gasteiger partial charge in [0.1, 0.15) is 0 Å². The summed E-state index contributed by atoms with van der Waals surface area (Å²) in [6.07, 6.45) is 3.00. The fourth-order valence-corrected chi connectivity index (χ4v) is 2.66. The predicted molar refractivity (Wildman–Crippen MR) is 70.7 cm³/mol. The first-order chi connectivity index (χ1) is 9.09. The van der Waals surface area contributed by atoms with Crippen molar-refractivity contribution in [3.05, 3.63) is 29.6 Å². The van der Waals surface area contributed by atoms with Gasteiger partial charge < -0.3 is 14.6 Å². The maximum absolute atomic E-state index is 13.8. The Balaban J connectivity index is 2.21. The van der Waals surface area contributed by atoms with E-state index >= 15 is 0 Å². The SMILES string of the molecule is CCCC1CC(O)(c2ccc(OC)c(F)c2)CCO1. The molecule has 19 heavy (non-hydrogen) atoms. The van der Waals surface area contributed by atoms with E-state index in [9.17, 15) is 9.50 Å². The second kappa shape index (κ2) is 5.88. The van der Waals surface area contributed by atoms with Crippen LogP contribution in [0.4, 0.5) is 4.39 Å². The van der Waals surface area contributed by atoms with Crippen LogP contribution in [0.3, 0.4) is 0 Å². The standard InChI is InChI=1S/C15H21FO3/c1-3-4-12-10-15(17,7-8-19-12)11-5-6-14(18-2)13(16)9-11/h5-6,9,12,17H,3-4,7-8,10H2,1-2H3. The number of halogens is 1. The van der Waals surface area contributed by atoms with Gasteiger partial charge in [0.05, 0.1) is 25.4 Å². The third-order valence-electron chi connectivity index (χ3n) is 3.73. The van der Waals surface area contributed by atoms with Crippen LogP contribution in [0.2, 0.25) is 0 Å². The number of hydrogen-bond acceptors (Lipinski definition) is 3. The molecule has 1 saturated heterocycles. The molecule has 0 aliphatic carbocycles. The molecule has 2 rings (SSSR count). The van der Waals surface area contributed by atoms with Gasteiger partial charge in [0.2, 0.25) is 0 Å². The maximum Gasteiger partial charge on any atom is 0.165 e. The van der Waals surface area contributed by atoms with E-state index in [4.69, 9.17) is 9.47 Å². The number of methoxy groups -OCH3 is 1. The Morgan fingerprint density at radius 1 is 1.53 bits per heavy atom. The summed E-state index contributed by atoms with van der Waals surface area (Å²) in [5, 5.41) is 10.7. The van der Waals surface area contributed by atoms with Gasteiger partial charge in [0, 0.05) is 12.8 Å². The first kappa shape index (κ1) is 14.3. The summed E-state index contributed by atoms with van der Waals surface area (Å²) in [7, 11) is 1.43. The van der Waals surface area contributed by atoms with Gasteiger partial charge in [-0.25, -0.2) is 4.39 Å². The summed E-state index contributed by atoms with van der Waals surface area (Å²) in [6, 6.07) is 4.66. The fourth-order valence-electron chi connectivity index (χ4n) is 2.66. The molecule has 0 amide bonds. The van der Waals surface area contributed by atoms with Gasteiger partial charge in [-0.05, 0) is 24.1 Å². The molecule has 1 aliphatic rings. The topological polar surface area (TPSA) is 38.7 Å². The van der Waals surface area contributed by atoms with E-state index < -0.39 is 11.4 Å². The Kier molecular flexibility index (Phi) is 4.42. The highest BCUT2D eigenvalue weighted by Gasteiger charge is 2.36. The second-order valence-corrected chi connectivity index (χ2v) is 5.12. The molecule has 1 aliphatic heterocycles. The molecule has 4 heteroatoms. The molecule has 106 valence electrons. The van der Waals surface area contributed by atoms with E-state index in [1.165, 1.54) is 13.2 Å². The molecule has 0 aromatic heterocycles. The molecule has 0 radical (unpaired) electrons. The van der Waals surface area contributed by atoms with Crippen LogP contribution in [0.15, 0.2) is 18.2 Å². The first-order valence-corrected chi connectivity index (χ1v) is 6.77. The molecule has 1 N–H and O–H groups in total. The number of ether oxygens (including phenoxy) is 2. The lowest BCUT2D eigenvalue weighted by Crippen LogP contribution is -2.38. The summed E-state index contributed by atoms with van der Waals surface area (Å²) in [5.41, 5.74) is -0.388. The average molecular weight is 268 g/mol. The Morgan fingerprint density at radius 3 is 2.95 bits per heavy atom. The zero-order valence-corrected chi connectivity index (χ0v) is 11.5. The van der Waals surface area contributed by atoms with Crippen LogP contribution in [0, 0.1) is 5.82 Å². The molecule has 0 spiro atoms. The van der Waals surface area contributed by atoms with E-state index in [0.717, 1.165) is 12.8 Å². The largest absolute Gasteiger partial charge is 0.494 e. The van der Waals surface area contributed by atoms with Gasteiger partial charge in [-0.15, -0.1) is 0 Å². The van der Waals surface area contributed by atoms with Crippen LogP contribution in [0.1, 0.15) is 38.2 Å². The Labute approximate surface area is 113 Å². The minimum atomic E-state index is -0.995. The molecule has 1 aromatic carbocycles. The molecule has 2 unspecified atom stereocenters. The molecule has 1 fully saturated rings. The smallest absolute Gasteiger partial charge is 0.165 e.